The molecule has 4 heteroatoms. The predicted octanol–water partition coefficient (Wildman–Crippen LogP) is 2.63. The molecule has 1 unspecified atom stereocenters. The lowest BCUT2D eigenvalue weighted by Crippen LogP contribution is -2.30. The molecule has 0 bridgehead atoms. The van der Waals surface area contributed by atoms with Gasteiger partial charge in [0.15, 0.2) is 0 Å². The van der Waals surface area contributed by atoms with Crippen molar-refractivity contribution in [1.29, 1.82) is 0 Å². The van der Waals surface area contributed by atoms with Gasteiger partial charge < -0.3 is 10.1 Å². The Morgan fingerprint density at radius 3 is 3.06 bits per heavy atom. The lowest BCUT2D eigenvalue weighted by molar-refractivity contribution is 0.0454. The van der Waals surface area contributed by atoms with Crippen LogP contribution in [0.15, 0.2) is 23.4 Å². The Labute approximate surface area is 107 Å². The number of nitrogens with one attached hydrogen (secondary N) is 1. The molecule has 3 nitrogen and oxygen atoms in total. The minimum absolute atomic E-state index is 0.368. The third kappa shape index (κ3) is 3.44. The van der Waals surface area contributed by atoms with Crippen molar-refractivity contribution in [3.05, 3.63) is 23.9 Å². The van der Waals surface area contributed by atoms with E-state index in [-0.39, 0.29) is 0 Å². The molecule has 1 atom stereocenters. The molecule has 1 aromatic rings. The molecule has 0 saturated carbocycles. The Morgan fingerprint density at radius 1 is 1.59 bits per heavy atom. The average Bonchev–Trinajstić information content (AvgIpc) is 2.31. The van der Waals surface area contributed by atoms with Crippen molar-refractivity contribution in [2.45, 2.75) is 36.6 Å². The Morgan fingerprint density at radius 2 is 2.41 bits per heavy atom. The van der Waals surface area contributed by atoms with Gasteiger partial charge in [-0.2, -0.15) is 0 Å². The fraction of sp³-hybridized carbons (Fsp3) is 0.615. The molecular weight excluding hydrogens is 232 g/mol. The topological polar surface area (TPSA) is 34.2 Å². The van der Waals surface area contributed by atoms with Crippen molar-refractivity contribution in [2.24, 2.45) is 0 Å². The summed E-state index contributed by atoms with van der Waals surface area (Å²) in [7, 11) is 0. The van der Waals surface area contributed by atoms with E-state index in [0.717, 1.165) is 31.2 Å². The lowest BCUT2D eigenvalue weighted by Gasteiger charge is -2.26. The summed E-state index contributed by atoms with van der Waals surface area (Å²) in [6.07, 6.45) is 3.03. The van der Waals surface area contributed by atoms with E-state index in [1.165, 1.54) is 5.56 Å². The second kappa shape index (κ2) is 6.38. The largest absolute Gasteiger partial charge is 0.379 e. The smallest absolute Gasteiger partial charge is 0.101 e. The van der Waals surface area contributed by atoms with Crippen LogP contribution in [0, 0.1) is 0 Å². The first-order valence-electron chi connectivity index (χ1n) is 6.24. The minimum Gasteiger partial charge on any atom is -0.379 e. The van der Waals surface area contributed by atoms with Crippen LogP contribution in [0.1, 0.15) is 31.9 Å². The Bertz CT molecular complexity index is 355. The first kappa shape index (κ1) is 12.9. The highest BCUT2D eigenvalue weighted by atomic mass is 32.2. The van der Waals surface area contributed by atoms with Gasteiger partial charge in [-0.05, 0) is 26.0 Å². The van der Waals surface area contributed by atoms with Crippen LogP contribution in [0.25, 0.3) is 0 Å². The highest BCUT2D eigenvalue weighted by molar-refractivity contribution is 8.00. The molecule has 2 heterocycles. The highest BCUT2D eigenvalue weighted by Gasteiger charge is 2.22. The summed E-state index contributed by atoms with van der Waals surface area (Å²) in [6, 6.07) is 4.55. The van der Waals surface area contributed by atoms with Gasteiger partial charge in [0.05, 0.1) is 18.5 Å². The van der Waals surface area contributed by atoms with E-state index in [2.05, 4.69) is 30.2 Å². The van der Waals surface area contributed by atoms with E-state index < -0.39 is 0 Å². The van der Waals surface area contributed by atoms with Crippen LogP contribution in [0.3, 0.4) is 0 Å². The van der Waals surface area contributed by atoms with Gasteiger partial charge >= 0.3 is 0 Å². The van der Waals surface area contributed by atoms with Gasteiger partial charge in [-0.15, -0.1) is 0 Å². The Kier molecular flexibility index (Phi) is 4.83. The van der Waals surface area contributed by atoms with Crippen LogP contribution in [-0.2, 0) is 4.74 Å². The van der Waals surface area contributed by atoms with Crippen molar-refractivity contribution in [3.63, 3.8) is 0 Å². The van der Waals surface area contributed by atoms with E-state index in [1.54, 1.807) is 0 Å². The van der Waals surface area contributed by atoms with Crippen LogP contribution in [0.5, 0.6) is 0 Å². The Hall–Kier alpha value is -0.580. The van der Waals surface area contributed by atoms with Gasteiger partial charge in [-0.1, -0.05) is 24.8 Å². The molecule has 1 aliphatic rings. The molecule has 1 aliphatic heterocycles. The van der Waals surface area contributed by atoms with Crippen LogP contribution < -0.4 is 5.32 Å². The molecule has 2 rings (SSSR count). The summed E-state index contributed by atoms with van der Waals surface area (Å²) in [4.78, 5) is 4.50. The average molecular weight is 252 g/mol. The molecule has 1 saturated heterocycles. The predicted molar refractivity (Wildman–Crippen MR) is 71.4 cm³/mol. The minimum atomic E-state index is 0.368. The van der Waals surface area contributed by atoms with Crippen molar-refractivity contribution < 1.29 is 4.74 Å². The van der Waals surface area contributed by atoms with Crippen LogP contribution in [-0.4, -0.2) is 30.0 Å². The van der Waals surface area contributed by atoms with Crippen molar-refractivity contribution in [2.75, 3.05) is 19.8 Å². The Balaban J connectivity index is 2.03. The van der Waals surface area contributed by atoms with E-state index >= 15 is 0 Å². The number of hydrogen-bond acceptors (Lipinski definition) is 4. The third-order valence-corrected chi connectivity index (χ3v) is 4.02. The van der Waals surface area contributed by atoms with Gasteiger partial charge in [-0.25, -0.2) is 4.98 Å². The maximum Gasteiger partial charge on any atom is 0.101 e. The van der Waals surface area contributed by atoms with Gasteiger partial charge in [0.1, 0.15) is 5.03 Å². The van der Waals surface area contributed by atoms with E-state index in [1.807, 2.05) is 24.0 Å². The molecule has 1 N–H and O–H groups in total. The second-order valence-corrected chi connectivity index (χ2v) is 5.64. The maximum atomic E-state index is 5.21. The third-order valence-electron chi connectivity index (χ3n) is 2.85. The fourth-order valence-corrected chi connectivity index (χ4v) is 2.89. The molecular formula is C13H20N2OS. The number of ether oxygens (including phenoxy) is 1. The molecule has 0 amide bonds. The fourth-order valence-electron chi connectivity index (χ4n) is 1.74. The number of nitrogens with zero attached hydrogens (tertiary/aromatic N) is 1. The molecule has 17 heavy (non-hydrogen) atoms. The first-order chi connectivity index (χ1) is 8.31. The normalized spacial score (nSPS) is 17.8. The van der Waals surface area contributed by atoms with Gasteiger partial charge in [0.2, 0.25) is 0 Å². The van der Waals surface area contributed by atoms with E-state index in [9.17, 15) is 0 Å². The zero-order chi connectivity index (χ0) is 12.1. The van der Waals surface area contributed by atoms with Crippen LogP contribution in [0.4, 0.5) is 0 Å². The SMILES string of the molecule is CCCNC(C)c1cccnc1SC1COC1. The van der Waals surface area contributed by atoms with E-state index in [0.29, 0.717) is 11.3 Å². The molecule has 1 fully saturated rings. The van der Waals surface area contributed by atoms with Crippen molar-refractivity contribution in [3.8, 4) is 0 Å². The number of hydrogen-bond donors (Lipinski definition) is 1. The van der Waals surface area contributed by atoms with Crippen molar-refractivity contribution in [1.82, 2.24) is 10.3 Å². The summed E-state index contributed by atoms with van der Waals surface area (Å²) >= 11 is 1.84. The first-order valence-corrected chi connectivity index (χ1v) is 7.12. The molecule has 0 spiro atoms. The quantitative estimate of drug-likeness (QED) is 0.844. The number of thioether (sulfide) groups is 1. The molecule has 0 aliphatic carbocycles. The summed E-state index contributed by atoms with van der Waals surface area (Å²) in [5, 5.41) is 5.25. The highest BCUT2D eigenvalue weighted by Crippen LogP contribution is 2.31. The van der Waals surface area contributed by atoms with Gasteiger partial charge in [0.25, 0.3) is 0 Å². The summed E-state index contributed by atoms with van der Waals surface area (Å²) in [5.41, 5.74) is 1.30. The molecule has 0 radical (unpaired) electrons. The van der Waals surface area contributed by atoms with Gasteiger partial charge in [0, 0.05) is 17.8 Å². The number of aromatic nitrogens is 1. The number of rotatable bonds is 6. The second-order valence-electron chi connectivity index (χ2n) is 4.35. The summed E-state index contributed by atoms with van der Waals surface area (Å²) in [6.45, 7) is 7.15. The molecule has 1 aromatic heterocycles. The standard InChI is InChI=1S/C13H20N2OS/c1-3-6-14-10(2)12-5-4-7-15-13(12)17-11-8-16-9-11/h4-5,7,10-11,14H,3,6,8-9H2,1-2H3. The lowest BCUT2D eigenvalue weighted by atomic mass is 10.1. The van der Waals surface area contributed by atoms with Gasteiger partial charge in [-0.3, -0.25) is 0 Å². The summed E-state index contributed by atoms with van der Waals surface area (Å²) in [5.74, 6) is 0. The number of pyridine rings is 1. The van der Waals surface area contributed by atoms with Crippen LogP contribution >= 0.6 is 11.8 Å². The van der Waals surface area contributed by atoms with E-state index in [4.69, 9.17) is 4.74 Å². The zero-order valence-electron chi connectivity index (χ0n) is 10.5. The summed E-state index contributed by atoms with van der Waals surface area (Å²) < 4.78 is 5.21. The van der Waals surface area contributed by atoms with Crippen LogP contribution in [0.2, 0.25) is 0 Å². The monoisotopic (exact) mass is 252 g/mol. The maximum absolute atomic E-state index is 5.21. The van der Waals surface area contributed by atoms with Crippen molar-refractivity contribution >= 4 is 11.8 Å². The molecule has 94 valence electrons. The zero-order valence-corrected chi connectivity index (χ0v) is 11.3. The molecule has 0 aromatic carbocycles.